The molecule has 0 aromatic heterocycles. The maximum atomic E-state index is 10.5. The molecule has 1 spiro atoms. The van der Waals surface area contributed by atoms with Gasteiger partial charge in [0.1, 0.15) is 0 Å². The van der Waals surface area contributed by atoms with Crippen molar-refractivity contribution in [2.24, 2.45) is 35.0 Å². The molecular weight excluding hydrogens is 196 g/mol. The number of rotatable bonds is 1. The number of hydrogen-bond donors (Lipinski definition) is 1. The zero-order valence-electron chi connectivity index (χ0n) is 11.2. The predicted octanol–water partition coefficient (Wildman–Crippen LogP) is 3.47. The third-order valence-electron chi connectivity index (χ3n) is 6.35. The standard InChI is InChI=1S/C15H26O/c1-9(2)11-6-5-10(3)15-8-7-14(4,16)13(15)12(11)15/h9-13,16H,5-8H2,1-4H3/t10-,11-,12+,13-,14-,15-/m0/s1. The second-order valence-electron chi connectivity index (χ2n) is 7.36. The van der Waals surface area contributed by atoms with Gasteiger partial charge in [-0.2, -0.15) is 0 Å². The van der Waals surface area contributed by atoms with Gasteiger partial charge in [0.05, 0.1) is 5.60 Å². The Morgan fingerprint density at radius 2 is 1.88 bits per heavy atom. The molecular formula is C15H26O. The van der Waals surface area contributed by atoms with Crippen LogP contribution in [0, 0.1) is 35.0 Å². The monoisotopic (exact) mass is 222 g/mol. The second-order valence-corrected chi connectivity index (χ2v) is 7.36. The zero-order chi connectivity index (χ0) is 11.7. The molecule has 0 aromatic rings. The van der Waals surface area contributed by atoms with E-state index in [4.69, 9.17) is 0 Å². The normalized spacial score (nSPS) is 59.6. The van der Waals surface area contributed by atoms with E-state index in [0.717, 1.165) is 30.1 Å². The van der Waals surface area contributed by atoms with Crippen molar-refractivity contribution < 1.29 is 5.11 Å². The number of aliphatic hydroxyl groups is 1. The third kappa shape index (κ3) is 1.11. The molecule has 16 heavy (non-hydrogen) atoms. The lowest BCUT2D eigenvalue weighted by Crippen LogP contribution is -2.30. The Hall–Kier alpha value is -0.0400. The fraction of sp³-hybridized carbons (Fsp3) is 1.00. The molecule has 0 amide bonds. The summed E-state index contributed by atoms with van der Waals surface area (Å²) in [6, 6.07) is 0. The molecule has 0 unspecified atom stereocenters. The Morgan fingerprint density at radius 3 is 2.50 bits per heavy atom. The van der Waals surface area contributed by atoms with Crippen LogP contribution in [0.1, 0.15) is 53.4 Å². The molecule has 3 saturated carbocycles. The highest BCUT2D eigenvalue weighted by molar-refractivity contribution is 5.26. The third-order valence-corrected chi connectivity index (χ3v) is 6.35. The number of hydrogen-bond acceptors (Lipinski definition) is 1. The SMILES string of the molecule is CC(C)[C@@H]1CC[C@H](C)[C@]23CC[C@](C)(O)[C@@H]2[C@@H]13. The summed E-state index contributed by atoms with van der Waals surface area (Å²) < 4.78 is 0. The van der Waals surface area contributed by atoms with Gasteiger partial charge in [-0.05, 0) is 67.6 Å². The van der Waals surface area contributed by atoms with Crippen molar-refractivity contribution in [2.45, 2.75) is 59.0 Å². The summed E-state index contributed by atoms with van der Waals surface area (Å²) in [5, 5.41) is 10.5. The lowest BCUT2D eigenvalue weighted by atomic mass is 9.69. The molecule has 3 aliphatic carbocycles. The first-order chi connectivity index (χ1) is 7.41. The summed E-state index contributed by atoms with van der Waals surface area (Å²) in [6.45, 7) is 9.27. The predicted molar refractivity (Wildman–Crippen MR) is 66.0 cm³/mol. The average Bonchev–Trinajstić information content (AvgIpc) is 2.79. The van der Waals surface area contributed by atoms with Crippen LogP contribution in [0.25, 0.3) is 0 Å². The molecule has 1 nitrogen and oxygen atoms in total. The molecule has 1 N–H and O–H groups in total. The summed E-state index contributed by atoms with van der Waals surface area (Å²) in [5.41, 5.74) is 0.201. The summed E-state index contributed by atoms with van der Waals surface area (Å²) in [4.78, 5) is 0. The van der Waals surface area contributed by atoms with Crippen molar-refractivity contribution in [2.75, 3.05) is 0 Å². The van der Waals surface area contributed by atoms with E-state index in [1.807, 2.05) is 0 Å². The lowest BCUT2D eigenvalue weighted by Gasteiger charge is -2.36. The van der Waals surface area contributed by atoms with Crippen molar-refractivity contribution in [1.82, 2.24) is 0 Å². The van der Waals surface area contributed by atoms with Gasteiger partial charge in [-0.25, -0.2) is 0 Å². The van der Waals surface area contributed by atoms with Gasteiger partial charge in [0, 0.05) is 0 Å². The Labute approximate surface area is 99.6 Å². The lowest BCUT2D eigenvalue weighted by molar-refractivity contribution is 0.0291. The molecule has 6 atom stereocenters. The van der Waals surface area contributed by atoms with Gasteiger partial charge >= 0.3 is 0 Å². The first kappa shape index (κ1) is 11.1. The maximum absolute atomic E-state index is 10.5. The van der Waals surface area contributed by atoms with E-state index in [-0.39, 0.29) is 5.60 Å². The molecule has 0 saturated heterocycles. The van der Waals surface area contributed by atoms with Gasteiger partial charge in [-0.3, -0.25) is 0 Å². The molecule has 3 aliphatic rings. The van der Waals surface area contributed by atoms with Crippen LogP contribution in [-0.4, -0.2) is 10.7 Å². The van der Waals surface area contributed by atoms with Crippen molar-refractivity contribution >= 4 is 0 Å². The molecule has 1 heteroatoms. The highest BCUT2D eigenvalue weighted by Crippen LogP contribution is 2.80. The van der Waals surface area contributed by atoms with Crippen molar-refractivity contribution in [3.63, 3.8) is 0 Å². The van der Waals surface area contributed by atoms with Crippen LogP contribution >= 0.6 is 0 Å². The minimum atomic E-state index is -0.351. The number of fused-ring (bicyclic) bond motifs is 1. The van der Waals surface area contributed by atoms with Gasteiger partial charge in [0.25, 0.3) is 0 Å². The van der Waals surface area contributed by atoms with Crippen LogP contribution < -0.4 is 0 Å². The van der Waals surface area contributed by atoms with Crippen molar-refractivity contribution in [1.29, 1.82) is 0 Å². The van der Waals surface area contributed by atoms with Crippen LogP contribution in [0.4, 0.5) is 0 Å². The minimum absolute atomic E-state index is 0.351. The molecule has 0 bridgehead atoms. The van der Waals surface area contributed by atoms with Crippen LogP contribution in [0.3, 0.4) is 0 Å². The van der Waals surface area contributed by atoms with E-state index in [9.17, 15) is 5.11 Å². The zero-order valence-corrected chi connectivity index (χ0v) is 11.2. The smallest absolute Gasteiger partial charge is 0.0656 e. The summed E-state index contributed by atoms with van der Waals surface area (Å²) in [5.74, 6) is 4.01. The van der Waals surface area contributed by atoms with Crippen molar-refractivity contribution in [3.05, 3.63) is 0 Å². The maximum Gasteiger partial charge on any atom is 0.0656 e. The first-order valence-electron chi connectivity index (χ1n) is 7.13. The Balaban J connectivity index is 1.92. The highest BCUT2D eigenvalue weighted by atomic mass is 16.3. The molecule has 92 valence electrons. The molecule has 0 radical (unpaired) electrons. The van der Waals surface area contributed by atoms with E-state index in [1.54, 1.807) is 0 Å². The van der Waals surface area contributed by atoms with Gasteiger partial charge < -0.3 is 5.11 Å². The fourth-order valence-electron chi connectivity index (χ4n) is 5.57. The van der Waals surface area contributed by atoms with Gasteiger partial charge in [-0.1, -0.05) is 20.8 Å². The van der Waals surface area contributed by atoms with E-state index in [1.165, 1.54) is 19.3 Å². The average molecular weight is 222 g/mol. The van der Waals surface area contributed by atoms with Crippen LogP contribution in [0.15, 0.2) is 0 Å². The second kappa shape index (κ2) is 3.04. The Morgan fingerprint density at radius 1 is 1.19 bits per heavy atom. The first-order valence-corrected chi connectivity index (χ1v) is 7.13. The topological polar surface area (TPSA) is 20.2 Å². The van der Waals surface area contributed by atoms with Crippen molar-refractivity contribution in [3.8, 4) is 0 Å². The summed E-state index contributed by atoms with van der Waals surface area (Å²) in [6.07, 6.45) is 5.13. The van der Waals surface area contributed by atoms with Crippen LogP contribution in [0.5, 0.6) is 0 Å². The fourth-order valence-corrected chi connectivity index (χ4v) is 5.57. The molecule has 0 aromatic carbocycles. The molecule has 3 fully saturated rings. The van der Waals surface area contributed by atoms with Crippen LogP contribution in [-0.2, 0) is 0 Å². The molecule has 0 heterocycles. The van der Waals surface area contributed by atoms with E-state index >= 15 is 0 Å². The quantitative estimate of drug-likeness (QED) is 0.720. The molecule has 3 rings (SSSR count). The van der Waals surface area contributed by atoms with Crippen LogP contribution in [0.2, 0.25) is 0 Å². The van der Waals surface area contributed by atoms with Gasteiger partial charge in [-0.15, -0.1) is 0 Å². The Bertz CT molecular complexity index is 307. The van der Waals surface area contributed by atoms with E-state index in [2.05, 4.69) is 27.7 Å². The van der Waals surface area contributed by atoms with E-state index in [0.29, 0.717) is 11.3 Å². The highest BCUT2D eigenvalue weighted by Gasteiger charge is 2.77. The summed E-state index contributed by atoms with van der Waals surface area (Å²) in [7, 11) is 0. The van der Waals surface area contributed by atoms with E-state index < -0.39 is 0 Å². The Kier molecular flexibility index (Phi) is 2.11. The van der Waals surface area contributed by atoms with Gasteiger partial charge in [0.2, 0.25) is 0 Å². The largest absolute Gasteiger partial charge is 0.390 e. The molecule has 0 aliphatic heterocycles. The summed E-state index contributed by atoms with van der Waals surface area (Å²) >= 11 is 0. The van der Waals surface area contributed by atoms with Gasteiger partial charge in [0.15, 0.2) is 0 Å². The minimum Gasteiger partial charge on any atom is -0.390 e.